The van der Waals surface area contributed by atoms with Crippen LogP contribution in [0.4, 0.5) is 10.8 Å². The lowest BCUT2D eigenvalue weighted by molar-refractivity contribution is 0.0701. The molecule has 0 amide bonds. The molecule has 5 nitrogen and oxygen atoms in total. The zero-order chi connectivity index (χ0) is 12.4. The third kappa shape index (κ3) is 2.59. The van der Waals surface area contributed by atoms with E-state index in [1.54, 1.807) is 19.3 Å². The van der Waals surface area contributed by atoms with Crippen LogP contribution in [0.2, 0.25) is 0 Å². The van der Waals surface area contributed by atoms with E-state index in [-0.39, 0.29) is 4.88 Å². The Kier molecular flexibility index (Phi) is 3.06. The van der Waals surface area contributed by atoms with Gasteiger partial charge in [0.2, 0.25) is 0 Å². The van der Waals surface area contributed by atoms with Gasteiger partial charge in [0.25, 0.3) is 0 Å². The Morgan fingerprint density at radius 1 is 1.41 bits per heavy atom. The predicted molar refractivity (Wildman–Crippen MR) is 66.1 cm³/mol. The summed E-state index contributed by atoms with van der Waals surface area (Å²) in [6.45, 7) is 3.62. The normalized spacial score (nSPS) is 10.2. The highest BCUT2D eigenvalue weighted by Gasteiger charge is 2.13. The van der Waals surface area contributed by atoms with Gasteiger partial charge in [-0.25, -0.2) is 9.78 Å². The number of thiazole rings is 1. The smallest absolute Gasteiger partial charge is 0.347 e. The first-order valence-corrected chi connectivity index (χ1v) is 5.77. The molecule has 0 radical (unpaired) electrons. The molecule has 0 spiro atoms. The van der Waals surface area contributed by atoms with E-state index in [1.165, 1.54) is 0 Å². The molecule has 0 bridgehead atoms. The SMILES string of the molecule is Cc1cncc(Nc2nc(C)c(C(=O)O)s2)c1. The second-order valence-corrected chi connectivity index (χ2v) is 4.61. The van der Waals surface area contributed by atoms with Gasteiger partial charge >= 0.3 is 5.97 Å². The molecule has 88 valence electrons. The van der Waals surface area contributed by atoms with Crippen molar-refractivity contribution in [2.45, 2.75) is 13.8 Å². The van der Waals surface area contributed by atoms with Crippen LogP contribution in [0.1, 0.15) is 20.9 Å². The zero-order valence-electron chi connectivity index (χ0n) is 9.39. The van der Waals surface area contributed by atoms with Crippen molar-refractivity contribution in [2.75, 3.05) is 5.32 Å². The van der Waals surface area contributed by atoms with Crippen molar-refractivity contribution in [3.8, 4) is 0 Å². The highest BCUT2D eigenvalue weighted by atomic mass is 32.1. The van der Waals surface area contributed by atoms with Crippen LogP contribution < -0.4 is 5.32 Å². The fraction of sp³-hybridized carbons (Fsp3) is 0.182. The van der Waals surface area contributed by atoms with Crippen molar-refractivity contribution in [2.24, 2.45) is 0 Å². The number of carboxylic acid groups (broad SMARTS) is 1. The number of nitrogens with one attached hydrogen (secondary N) is 1. The van der Waals surface area contributed by atoms with Crippen LogP contribution in [-0.2, 0) is 0 Å². The quantitative estimate of drug-likeness (QED) is 0.874. The molecule has 0 aliphatic rings. The Balaban J connectivity index is 2.25. The Bertz CT molecular complexity index is 566. The number of rotatable bonds is 3. The van der Waals surface area contributed by atoms with Crippen LogP contribution in [-0.4, -0.2) is 21.0 Å². The molecule has 0 saturated heterocycles. The Morgan fingerprint density at radius 2 is 2.18 bits per heavy atom. The molecule has 0 aliphatic heterocycles. The second kappa shape index (κ2) is 4.50. The Hall–Kier alpha value is -1.95. The van der Waals surface area contributed by atoms with E-state index in [4.69, 9.17) is 5.11 Å². The predicted octanol–water partition coefficient (Wildman–Crippen LogP) is 2.60. The minimum atomic E-state index is -0.949. The number of nitrogens with zero attached hydrogens (tertiary/aromatic N) is 2. The first-order chi connectivity index (χ1) is 8.06. The molecule has 2 aromatic heterocycles. The van der Waals surface area contributed by atoms with Gasteiger partial charge < -0.3 is 10.4 Å². The minimum absolute atomic E-state index is 0.258. The molecule has 2 aromatic rings. The average molecular weight is 249 g/mol. The molecule has 0 aromatic carbocycles. The van der Waals surface area contributed by atoms with Crippen molar-refractivity contribution in [1.82, 2.24) is 9.97 Å². The molecule has 0 saturated carbocycles. The summed E-state index contributed by atoms with van der Waals surface area (Å²) in [6.07, 6.45) is 3.42. The van der Waals surface area contributed by atoms with E-state index in [0.717, 1.165) is 22.6 Å². The van der Waals surface area contributed by atoms with Gasteiger partial charge in [0, 0.05) is 6.20 Å². The van der Waals surface area contributed by atoms with Crippen molar-refractivity contribution in [3.05, 3.63) is 34.6 Å². The molecule has 2 N–H and O–H groups in total. The molecule has 0 aliphatic carbocycles. The molecule has 0 fully saturated rings. The fourth-order valence-corrected chi connectivity index (χ4v) is 2.22. The number of aromatic carboxylic acids is 1. The number of hydrogen-bond acceptors (Lipinski definition) is 5. The fourth-order valence-electron chi connectivity index (χ4n) is 1.40. The molecule has 2 rings (SSSR count). The first-order valence-electron chi connectivity index (χ1n) is 4.95. The van der Waals surface area contributed by atoms with Crippen LogP contribution in [0.3, 0.4) is 0 Å². The van der Waals surface area contributed by atoms with Gasteiger partial charge in [-0.15, -0.1) is 0 Å². The topological polar surface area (TPSA) is 75.1 Å². The van der Waals surface area contributed by atoms with Gasteiger partial charge in [-0.05, 0) is 25.5 Å². The molecular weight excluding hydrogens is 238 g/mol. The molecular formula is C11H11N3O2S. The van der Waals surface area contributed by atoms with Crippen LogP contribution in [0.25, 0.3) is 0 Å². The van der Waals surface area contributed by atoms with E-state index in [9.17, 15) is 4.79 Å². The lowest BCUT2D eigenvalue weighted by Crippen LogP contribution is -1.94. The molecule has 17 heavy (non-hydrogen) atoms. The van der Waals surface area contributed by atoms with Crippen molar-refractivity contribution >= 4 is 28.1 Å². The van der Waals surface area contributed by atoms with E-state index in [0.29, 0.717) is 10.8 Å². The monoisotopic (exact) mass is 249 g/mol. The first kappa shape index (κ1) is 11.5. The summed E-state index contributed by atoms with van der Waals surface area (Å²) in [6, 6.07) is 1.92. The van der Waals surface area contributed by atoms with Crippen molar-refractivity contribution in [3.63, 3.8) is 0 Å². The number of carbonyl (C=O) groups is 1. The van der Waals surface area contributed by atoms with Gasteiger partial charge in [0.15, 0.2) is 5.13 Å². The standard InChI is InChI=1S/C11H11N3O2S/c1-6-3-8(5-12-4-6)14-11-13-7(2)9(17-11)10(15)16/h3-5H,1-2H3,(H,13,14)(H,15,16). The van der Waals surface area contributed by atoms with Gasteiger partial charge in [0.1, 0.15) is 4.88 Å². The van der Waals surface area contributed by atoms with Gasteiger partial charge in [-0.1, -0.05) is 11.3 Å². The lowest BCUT2D eigenvalue weighted by atomic mass is 10.3. The maximum absolute atomic E-state index is 10.9. The van der Waals surface area contributed by atoms with E-state index in [2.05, 4.69) is 15.3 Å². The third-order valence-electron chi connectivity index (χ3n) is 2.12. The summed E-state index contributed by atoms with van der Waals surface area (Å²) >= 11 is 1.12. The number of hydrogen-bond donors (Lipinski definition) is 2. The van der Waals surface area contributed by atoms with Crippen molar-refractivity contribution in [1.29, 1.82) is 0 Å². The van der Waals surface area contributed by atoms with Crippen LogP contribution in [0.5, 0.6) is 0 Å². The highest BCUT2D eigenvalue weighted by molar-refractivity contribution is 7.17. The molecule has 6 heteroatoms. The number of aromatic nitrogens is 2. The van der Waals surface area contributed by atoms with Gasteiger partial charge in [0.05, 0.1) is 17.6 Å². The molecule has 2 heterocycles. The lowest BCUT2D eigenvalue weighted by Gasteiger charge is -2.01. The minimum Gasteiger partial charge on any atom is -0.477 e. The van der Waals surface area contributed by atoms with Crippen LogP contribution >= 0.6 is 11.3 Å². The van der Waals surface area contributed by atoms with E-state index in [1.807, 2.05) is 13.0 Å². The Morgan fingerprint density at radius 3 is 2.76 bits per heavy atom. The maximum Gasteiger partial charge on any atom is 0.347 e. The highest BCUT2D eigenvalue weighted by Crippen LogP contribution is 2.25. The van der Waals surface area contributed by atoms with Crippen LogP contribution in [0, 0.1) is 13.8 Å². The van der Waals surface area contributed by atoms with Crippen molar-refractivity contribution < 1.29 is 9.90 Å². The largest absolute Gasteiger partial charge is 0.477 e. The summed E-state index contributed by atoms with van der Waals surface area (Å²) in [4.78, 5) is 19.3. The summed E-state index contributed by atoms with van der Waals surface area (Å²) in [5.41, 5.74) is 2.35. The number of aryl methyl sites for hydroxylation is 2. The van der Waals surface area contributed by atoms with E-state index >= 15 is 0 Å². The number of pyridine rings is 1. The van der Waals surface area contributed by atoms with Crippen LogP contribution in [0.15, 0.2) is 18.5 Å². The average Bonchev–Trinajstić information content (AvgIpc) is 2.59. The van der Waals surface area contributed by atoms with E-state index < -0.39 is 5.97 Å². The second-order valence-electron chi connectivity index (χ2n) is 3.61. The molecule has 0 atom stereocenters. The summed E-state index contributed by atoms with van der Waals surface area (Å²) in [5, 5.41) is 12.5. The van der Waals surface area contributed by atoms with Gasteiger partial charge in [-0.3, -0.25) is 4.98 Å². The summed E-state index contributed by atoms with van der Waals surface area (Å²) in [7, 11) is 0. The third-order valence-corrected chi connectivity index (χ3v) is 3.18. The Labute approximate surface area is 102 Å². The summed E-state index contributed by atoms with van der Waals surface area (Å²) in [5.74, 6) is -0.949. The maximum atomic E-state index is 10.9. The zero-order valence-corrected chi connectivity index (χ0v) is 10.2. The molecule has 0 unspecified atom stereocenters. The van der Waals surface area contributed by atoms with Gasteiger partial charge in [-0.2, -0.15) is 0 Å². The number of carboxylic acids is 1. The number of anilines is 2. The summed E-state index contributed by atoms with van der Waals surface area (Å²) < 4.78 is 0.